The zero-order chi connectivity index (χ0) is 27.3. The standard InChI is InChI=1S/C26H33N5O6S/c1-19(18-35-4)36-22-15-20(26(32)27-25-9-10-30(3)28-25)16-23(17-22)37-21-5-7-24(8-6-21)38(33,34)31-13-11-29(2)12-14-31/h5-10,15-17,19H,11-14,18H2,1-4H3,(H,27,28,32)/t19-/m0/s1. The number of likely N-dealkylation sites (N-methyl/N-ethyl adjacent to an activating group) is 1. The monoisotopic (exact) mass is 543 g/mol. The number of piperazine rings is 1. The Bertz CT molecular complexity index is 1350. The van der Waals surface area contributed by atoms with E-state index in [1.165, 1.54) is 16.4 Å². The SMILES string of the molecule is COC[C@H](C)Oc1cc(Oc2ccc(S(=O)(=O)N3CCN(C)CC3)cc2)cc(C(=O)Nc2ccn(C)n2)c1. The van der Waals surface area contributed by atoms with Crippen molar-refractivity contribution >= 4 is 21.7 Å². The number of rotatable bonds is 10. The van der Waals surface area contributed by atoms with Crippen LogP contribution in [0.4, 0.5) is 5.82 Å². The third kappa shape index (κ3) is 6.90. The minimum atomic E-state index is -3.59. The molecule has 0 unspecified atom stereocenters. The molecule has 4 rings (SSSR count). The molecule has 1 saturated heterocycles. The van der Waals surface area contributed by atoms with Gasteiger partial charge < -0.3 is 24.4 Å². The summed E-state index contributed by atoms with van der Waals surface area (Å²) in [6, 6.07) is 12.8. The van der Waals surface area contributed by atoms with Crippen LogP contribution in [0.1, 0.15) is 17.3 Å². The summed E-state index contributed by atoms with van der Waals surface area (Å²) < 4.78 is 46.2. The first-order valence-electron chi connectivity index (χ1n) is 12.2. The van der Waals surface area contributed by atoms with Crippen LogP contribution in [0.5, 0.6) is 17.2 Å². The molecule has 0 aliphatic carbocycles. The summed E-state index contributed by atoms with van der Waals surface area (Å²) in [6.45, 7) is 4.51. The van der Waals surface area contributed by atoms with E-state index in [1.807, 2.05) is 14.0 Å². The van der Waals surface area contributed by atoms with Gasteiger partial charge in [0.1, 0.15) is 23.4 Å². The third-order valence-corrected chi connectivity index (χ3v) is 7.91. The number of nitrogens with zero attached hydrogens (tertiary/aromatic N) is 4. The smallest absolute Gasteiger partial charge is 0.257 e. The summed E-state index contributed by atoms with van der Waals surface area (Å²) in [6.07, 6.45) is 1.46. The Kier molecular flexibility index (Phi) is 8.67. The summed E-state index contributed by atoms with van der Waals surface area (Å²) in [5.74, 6) is 1.23. The van der Waals surface area contributed by atoms with Gasteiger partial charge in [0.2, 0.25) is 10.0 Å². The lowest BCUT2D eigenvalue weighted by Gasteiger charge is -2.31. The van der Waals surface area contributed by atoms with E-state index in [4.69, 9.17) is 14.2 Å². The summed E-state index contributed by atoms with van der Waals surface area (Å²) in [7, 11) is 1.73. The highest BCUT2D eigenvalue weighted by atomic mass is 32.2. The van der Waals surface area contributed by atoms with Crippen LogP contribution < -0.4 is 14.8 Å². The van der Waals surface area contributed by atoms with E-state index in [9.17, 15) is 13.2 Å². The number of carbonyl (C=O) groups excluding carboxylic acids is 1. The van der Waals surface area contributed by atoms with Gasteiger partial charge in [0.15, 0.2) is 5.82 Å². The second kappa shape index (κ2) is 11.9. The van der Waals surface area contributed by atoms with Gasteiger partial charge >= 0.3 is 0 Å². The fourth-order valence-corrected chi connectivity index (χ4v) is 5.42. The Morgan fingerprint density at radius 1 is 1.00 bits per heavy atom. The normalized spacial score (nSPS) is 15.7. The van der Waals surface area contributed by atoms with Crippen molar-refractivity contribution in [1.82, 2.24) is 19.0 Å². The molecule has 1 aliphatic rings. The van der Waals surface area contributed by atoms with Crippen molar-refractivity contribution in [2.45, 2.75) is 17.9 Å². The molecule has 2 heterocycles. The number of methoxy groups -OCH3 is 1. The molecule has 1 N–H and O–H groups in total. The number of hydrogen-bond acceptors (Lipinski definition) is 8. The molecule has 38 heavy (non-hydrogen) atoms. The lowest BCUT2D eigenvalue weighted by atomic mass is 10.2. The van der Waals surface area contributed by atoms with E-state index in [1.54, 1.807) is 61.4 Å². The number of sulfonamides is 1. The van der Waals surface area contributed by atoms with Gasteiger partial charge in [0.05, 0.1) is 11.5 Å². The lowest BCUT2D eigenvalue weighted by molar-refractivity contribution is 0.0915. The van der Waals surface area contributed by atoms with E-state index < -0.39 is 10.0 Å². The molecular formula is C26H33N5O6S. The molecule has 0 radical (unpaired) electrons. The lowest BCUT2D eigenvalue weighted by Crippen LogP contribution is -2.46. The summed E-state index contributed by atoms with van der Waals surface area (Å²) >= 11 is 0. The number of aryl methyl sites for hydroxylation is 1. The van der Waals surface area contributed by atoms with E-state index in [0.717, 1.165) is 0 Å². The summed E-state index contributed by atoms with van der Waals surface area (Å²) in [4.78, 5) is 15.2. The fraction of sp³-hybridized carbons (Fsp3) is 0.385. The highest BCUT2D eigenvalue weighted by Crippen LogP contribution is 2.30. The first-order chi connectivity index (χ1) is 18.1. The number of anilines is 1. The maximum Gasteiger partial charge on any atom is 0.257 e. The van der Waals surface area contributed by atoms with Crippen molar-refractivity contribution in [2.75, 3.05) is 52.3 Å². The van der Waals surface area contributed by atoms with Crippen molar-refractivity contribution in [3.05, 3.63) is 60.3 Å². The molecule has 0 bridgehead atoms. The largest absolute Gasteiger partial charge is 0.488 e. The van der Waals surface area contributed by atoms with Crippen molar-refractivity contribution < 1.29 is 27.4 Å². The number of aromatic nitrogens is 2. The second-order valence-electron chi connectivity index (χ2n) is 9.19. The highest BCUT2D eigenvalue weighted by molar-refractivity contribution is 7.89. The molecule has 2 aromatic carbocycles. The van der Waals surface area contributed by atoms with Gasteiger partial charge in [-0.05, 0) is 50.4 Å². The van der Waals surface area contributed by atoms with E-state index >= 15 is 0 Å². The Hall–Kier alpha value is -3.45. The van der Waals surface area contributed by atoms with Gasteiger partial charge in [0, 0.05) is 64.2 Å². The van der Waals surface area contributed by atoms with Gasteiger partial charge in [0.25, 0.3) is 5.91 Å². The molecule has 1 aromatic heterocycles. The van der Waals surface area contributed by atoms with Crippen molar-refractivity contribution in [1.29, 1.82) is 0 Å². The average Bonchev–Trinajstić information content (AvgIpc) is 3.29. The number of benzene rings is 2. The van der Waals surface area contributed by atoms with Crippen LogP contribution in [0.25, 0.3) is 0 Å². The van der Waals surface area contributed by atoms with Crippen molar-refractivity contribution in [3.8, 4) is 17.2 Å². The van der Waals surface area contributed by atoms with Crippen LogP contribution in [-0.4, -0.2) is 86.4 Å². The molecule has 1 amide bonds. The van der Waals surface area contributed by atoms with Crippen molar-refractivity contribution in [2.24, 2.45) is 7.05 Å². The number of amides is 1. The summed E-state index contributed by atoms with van der Waals surface area (Å²) in [5.41, 5.74) is 0.307. The molecule has 1 aliphatic heterocycles. The predicted octanol–water partition coefficient (Wildman–Crippen LogP) is 2.81. The topological polar surface area (TPSA) is 115 Å². The molecule has 204 valence electrons. The predicted molar refractivity (Wildman–Crippen MR) is 142 cm³/mol. The third-order valence-electron chi connectivity index (χ3n) is 6.00. The Labute approximate surface area is 222 Å². The Morgan fingerprint density at radius 3 is 2.32 bits per heavy atom. The molecule has 3 aromatic rings. The van der Waals surface area contributed by atoms with Crippen LogP contribution in [0.3, 0.4) is 0 Å². The maximum atomic E-state index is 13.0. The molecule has 1 atom stereocenters. The Balaban J connectivity index is 1.54. The quantitative estimate of drug-likeness (QED) is 0.415. The van der Waals surface area contributed by atoms with Crippen LogP contribution >= 0.6 is 0 Å². The van der Waals surface area contributed by atoms with Crippen LogP contribution in [0, 0.1) is 0 Å². The molecule has 0 spiro atoms. The molecule has 12 heteroatoms. The number of nitrogens with one attached hydrogen (secondary N) is 1. The van der Waals surface area contributed by atoms with Crippen LogP contribution in [0.2, 0.25) is 0 Å². The average molecular weight is 544 g/mol. The number of carbonyl (C=O) groups is 1. The maximum absolute atomic E-state index is 13.0. The van der Waals surface area contributed by atoms with Gasteiger partial charge in [-0.2, -0.15) is 9.40 Å². The van der Waals surface area contributed by atoms with Gasteiger partial charge in [-0.3, -0.25) is 9.48 Å². The second-order valence-corrected chi connectivity index (χ2v) is 11.1. The van der Waals surface area contributed by atoms with Gasteiger partial charge in [-0.1, -0.05) is 0 Å². The molecule has 11 nitrogen and oxygen atoms in total. The van der Waals surface area contributed by atoms with Gasteiger partial charge in [-0.25, -0.2) is 8.42 Å². The van der Waals surface area contributed by atoms with Crippen LogP contribution in [0.15, 0.2) is 59.6 Å². The first kappa shape index (κ1) is 27.6. The summed E-state index contributed by atoms with van der Waals surface area (Å²) in [5, 5.41) is 6.93. The first-order valence-corrected chi connectivity index (χ1v) is 13.7. The molecule has 1 fully saturated rings. The van der Waals surface area contributed by atoms with Crippen LogP contribution in [-0.2, 0) is 21.8 Å². The van der Waals surface area contributed by atoms with Crippen molar-refractivity contribution in [3.63, 3.8) is 0 Å². The molecular weight excluding hydrogens is 510 g/mol. The number of hydrogen-bond donors (Lipinski definition) is 1. The Morgan fingerprint density at radius 2 is 1.68 bits per heavy atom. The number of ether oxygens (including phenoxy) is 3. The highest BCUT2D eigenvalue weighted by Gasteiger charge is 2.27. The van der Waals surface area contributed by atoms with Gasteiger partial charge in [-0.15, -0.1) is 0 Å². The minimum Gasteiger partial charge on any atom is -0.488 e. The van der Waals surface area contributed by atoms with E-state index in [2.05, 4.69) is 15.3 Å². The zero-order valence-electron chi connectivity index (χ0n) is 22.0. The van der Waals surface area contributed by atoms with E-state index in [0.29, 0.717) is 61.4 Å². The minimum absolute atomic E-state index is 0.204. The van der Waals surface area contributed by atoms with E-state index in [-0.39, 0.29) is 16.9 Å². The molecule has 0 saturated carbocycles. The fourth-order valence-electron chi connectivity index (χ4n) is 3.99. The zero-order valence-corrected chi connectivity index (χ0v) is 22.8.